The van der Waals surface area contributed by atoms with Gasteiger partial charge in [0.2, 0.25) is 0 Å². The van der Waals surface area contributed by atoms with Crippen LogP contribution in [0.1, 0.15) is 53.3 Å². The number of hydrogen-bond acceptors (Lipinski definition) is 4. The number of benzene rings is 1. The van der Waals surface area contributed by atoms with Crippen molar-refractivity contribution in [1.29, 1.82) is 0 Å². The number of ether oxygens (including phenoxy) is 2. The largest absolute Gasteiger partial charge is 0.347 e. The highest BCUT2D eigenvalue weighted by Crippen LogP contribution is 2.31. The van der Waals surface area contributed by atoms with Crippen molar-refractivity contribution >= 4 is 11.8 Å². The smallest absolute Gasteiger partial charge is 0.253 e. The third-order valence-electron chi connectivity index (χ3n) is 5.18. The van der Waals surface area contributed by atoms with E-state index >= 15 is 0 Å². The monoisotopic (exact) mass is 360 g/mol. The lowest BCUT2D eigenvalue weighted by molar-refractivity contribution is -0.181. The van der Waals surface area contributed by atoms with Crippen molar-refractivity contribution in [2.24, 2.45) is 0 Å². The molecule has 0 aliphatic carbocycles. The Hall–Kier alpha value is -1.92. The van der Waals surface area contributed by atoms with E-state index in [-0.39, 0.29) is 11.8 Å². The van der Waals surface area contributed by atoms with Crippen molar-refractivity contribution in [2.45, 2.75) is 38.4 Å². The van der Waals surface area contributed by atoms with E-state index in [1.165, 1.54) is 0 Å². The minimum absolute atomic E-state index is 0.0382. The van der Waals surface area contributed by atoms with E-state index in [0.29, 0.717) is 50.3 Å². The zero-order chi connectivity index (χ0) is 18.6. The number of unbranched alkanes of at least 4 members (excludes halogenated alkanes) is 1. The van der Waals surface area contributed by atoms with Gasteiger partial charge in [0.15, 0.2) is 5.79 Å². The van der Waals surface area contributed by atoms with Crippen LogP contribution in [0, 0.1) is 0 Å². The molecule has 0 unspecified atom stereocenters. The van der Waals surface area contributed by atoms with Gasteiger partial charge in [-0.3, -0.25) is 9.59 Å². The zero-order valence-corrected chi connectivity index (χ0v) is 15.7. The van der Waals surface area contributed by atoms with Gasteiger partial charge in [-0.05, 0) is 24.6 Å². The average molecular weight is 360 g/mol. The van der Waals surface area contributed by atoms with Crippen molar-refractivity contribution in [3.63, 3.8) is 0 Å². The molecule has 0 aromatic heterocycles. The normalized spacial score (nSPS) is 18.9. The van der Waals surface area contributed by atoms with Crippen molar-refractivity contribution in [3.8, 4) is 0 Å². The van der Waals surface area contributed by atoms with E-state index in [1.54, 1.807) is 36.2 Å². The Kier molecular flexibility index (Phi) is 5.94. The van der Waals surface area contributed by atoms with Gasteiger partial charge in [0, 0.05) is 50.7 Å². The Morgan fingerprint density at radius 3 is 2.46 bits per heavy atom. The standard InChI is InChI=1S/C20H28N2O4/c1-3-4-10-21(2)18(23)16-6-5-7-17(15-16)19(24)22-11-8-20(9-12-22)25-13-14-26-20/h5-7,15H,3-4,8-14H2,1-2H3. The number of nitrogens with zero attached hydrogens (tertiary/aromatic N) is 2. The maximum Gasteiger partial charge on any atom is 0.253 e. The Morgan fingerprint density at radius 2 is 1.81 bits per heavy atom. The molecule has 0 N–H and O–H groups in total. The van der Waals surface area contributed by atoms with Crippen LogP contribution in [0.15, 0.2) is 24.3 Å². The third-order valence-corrected chi connectivity index (χ3v) is 5.18. The van der Waals surface area contributed by atoms with Gasteiger partial charge in [0.1, 0.15) is 0 Å². The van der Waals surface area contributed by atoms with Crippen molar-refractivity contribution in [1.82, 2.24) is 9.80 Å². The molecule has 0 saturated carbocycles. The Morgan fingerprint density at radius 1 is 1.15 bits per heavy atom. The van der Waals surface area contributed by atoms with Gasteiger partial charge >= 0.3 is 0 Å². The van der Waals surface area contributed by atoms with Gasteiger partial charge < -0.3 is 19.3 Å². The molecule has 2 saturated heterocycles. The number of carbonyl (C=O) groups excluding carboxylic acids is 2. The fraction of sp³-hybridized carbons (Fsp3) is 0.600. The summed E-state index contributed by atoms with van der Waals surface area (Å²) in [5.41, 5.74) is 1.12. The van der Waals surface area contributed by atoms with Gasteiger partial charge in [-0.1, -0.05) is 19.4 Å². The predicted molar refractivity (Wildman–Crippen MR) is 98.1 cm³/mol. The molecule has 2 aliphatic rings. The molecule has 2 aliphatic heterocycles. The molecule has 26 heavy (non-hydrogen) atoms. The quantitative estimate of drug-likeness (QED) is 0.810. The summed E-state index contributed by atoms with van der Waals surface area (Å²) in [7, 11) is 1.80. The first-order valence-corrected chi connectivity index (χ1v) is 9.47. The SMILES string of the molecule is CCCCN(C)C(=O)c1cccc(C(=O)N2CCC3(CC2)OCCO3)c1. The molecule has 3 rings (SSSR count). The molecule has 1 spiro atoms. The van der Waals surface area contributed by atoms with E-state index in [1.807, 2.05) is 4.90 Å². The van der Waals surface area contributed by atoms with Gasteiger partial charge in [-0.25, -0.2) is 0 Å². The van der Waals surface area contributed by atoms with E-state index in [9.17, 15) is 9.59 Å². The first kappa shape index (κ1) is 18.9. The van der Waals surface area contributed by atoms with Crippen LogP contribution >= 0.6 is 0 Å². The van der Waals surface area contributed by atoms with Crippen molar-refractivity contribution in [3.05, 3.63) is 35.4 Å². The van der Waals surface area contributed by atoms with Crippen LogP contribution in [-0.2, 0) is 9.47 Å². The summed E-state index contributed by atoms with van der Waals surface area (Å²) in [6.07, 6.45) is 3.40. The van der Waals surface area contributed by atoms with E-state index in [0.717, 1.165) is 19.4 Å². The number of hydrogen-bond donors (Lipinski definition) is 0. The highest BCUT2D eigenvalue weighted by atomic mass is 16.7. The lowest BCUT2D eigenvalue weighted by Gasteiger charge is -2.37. The van der Waals surface area contributed by atoms with Crippen LogP contribution in [0.4, 0.5) is 0 Å². The van der Waals surface area contributed by atoms with Gasteiger partial charge in [0.25, 0.3) is 11.8 Å². The highest BCUT2D eigenvalue weighted by molar-refractivity contribution is 5.99. The Labute approximate surface area is 155 Å². The maximum absolute atomic E-state index is 12.8. The number of amides is 2. The summed E-state index contributed by atoms with van der Waals surface area (Å²) in [6, 6.07) is 7.04. The second-order valence-electron chi connectivity index (χ2n) is 7.06. The number of piperidine rings is 1. The van der Waals surface area contributed by atoms with Gasteiger partial charge in [-0.2, -0.15) is 0 Å². The molecule has 1 aromatic rings. The summed E-state index contributed by atoms with van der Waals surface area (Å²) in [6.45, 7) is 5.29. The van der Waals surface area contributed by atoms with Crippen molar-refractivity contribution < 1.29 is 19.1 Å². The fourth-order valence-corrected chi connectivity index (χ4v) is 3.52. The third kappa shape index (κ3) is 4.07. The molecular formula is C20H28N2O4. The topological polar surface area (TPSA) is 59.1 Å². The molecular weight excluding hydrogens is 332 g/mol. The Bertz CT molecular complexity index is 645. The molecule has 1 aromatic carbocycles. The minimum atomic E-state index is -0.490. The summed E-state index contributed by atoms with van der Waals surface area (Å²) in [5, 5.41) is 0. The maximum atomic E-state index is 12.8. The van der Waals surface area contributed by atoms with Gasteiger partial charge in [-0.15, -0.1) is 0 Å². The summed E-state index contributed by atoms with van der Waals surface area (Å²) < 4.78 is 11.4. The first-order chi connectivity index (χ1) is 12.5. The molecule has 0 radical (unpaired) electrons. The minimum Gasteiger partial charge on any atom is -0.347 e. The van der Waals surface area contributed by atoms with Crippen LogP contribution in [0.5, 0.6) is 0 Å². The van der Waals surface area contributed by atoms with E-state index in [2.05, 4.69) is 6.92 Å². The predicted octanol–water partition coefficient (Wildman–Crippen LogP) is 2.54. The van der Waals surface area contributed by atoms with E-state index in [4.69, 9.17) is 9.47 Å². The molecule has 0 bridgehead atoms. The first-order valence-electron chi connectivity index (χ1n) is 9.47. The highest BCUT2D eigenvalue weighted by Gasteiger charge is 2.40. The zero-order valence-electron chi connectivity index (χ0n) is 15.7. The fourth-order valence-electron chi connectivity index (χ4n) is 3.52. The van der Waals surface area contributed by atoms with Crippen LogP contribution in [-0.4, -0.2) is 67.3 Å². The average Bonchev–Trinajstić information content (AvgIpc) is 3.13. The van der Waals surface area contributed by atoms with E-state index < -0.39 is 5.79 Å². The lowest BCUT2D eigenvalue weighted by atomic mass is 10.0. The summed E-state index contributed by atoms with van der Waals surface area (Å²) >= 11 is 0. The molecule has 0 atom stereocenters. The number of rotatable bonds is 5. The molecule has 6 nitrogen and oxygen atoms in total. The molecule has 2 amide bonds. The lowest BCUT2D eigenvalue weighted by Crippen LogP contribution is -2.47. The molecule has 2 heterocycles. The Balaban J connectivity index is 1.64. The number of carbonyl (C=O) groups is 2. The summed E-state index contributed by atoms with van der Waals surface area (Å²) in [4.78, 5) is 28.9. The van der Waals surface area contributed by atoms with Crippen LogP contribution < -0.4 is 0 Å². The second kappa shape index (κ2) is 8.18. The van der Waals surface area contributed by atoms with Crippen LogP contribution in [0.25, 0.3) is 0 Å². The van der Waals surface area contributed by atoms with Crippen LogP contribution in [0.3, 0.4) is 0 Å². The van der Waals surface area contributed by atoms with Crippen LogP contribution in [0.2, 0.25) is 0 Å². The molecule has 2 fully saturated rings. The summed E-state index contributed by atoms with van der Waals surface area (Å²) in [5.74, 6) is -0.571. The second-order valence-corrected chi connectivity index (χ2v) is 7.06. The van der Waals surface area contributed by atoms with Gasteiger partial charge in [0.05, 0.1) is 13.2 Å². The molecule has 142 valence electrons. The molecule has 6 heteroatoms. The number of likely N-dealkylation sites (tertiary alicyclic amines) is 1. The van der Waals surface area contributed by atoms with Crippen molar-refractivity contribution in [2.75, 3.05) is 39.9 Å².